The monoisotopic (exact) mass is 485 g/mol. The van der Waals surface area contributed by atoms with E-state index in [1.54, 1.807) is 9.25 Å². The molecule has 0 spiro atoms. The van der Waals surface area contributed by atoms with Gasteiger partial charge < -0.3 is 10.1 Å². The lowest BCUT2D eigenvalue weighted by atomic mass is 9.80. The van der Waals surface area contributed by atoms with Gasteiger partial charge in [0.2, 0.25) is 11.6 Å². The van der Waals surface area contributed by atoms with Gasteiger partial charge in [0, 0.05) is 30.1 Å². The van der Waals surface area contributed by atoms with Crippen molar-refractivity contribution in [3.05, 3.63) is 97.3 Å². The van der Waals surface area contributed by atoms with Gasteiger partial charge in [-0.1, -0.05) is 47.7 Å². The minimum absolute atomic E-state index is 0.182. The molecule has 35 heavy (non-hydrogen) atoms. The van der Waals surface area contributed by atoms with Crippen LogP contribution in [0.4, 0.5) is 5.69 Å². The normalized spacial score (nSPS) is 22.5. The van der Waals surface area contributed by atoms with Gasteiger partial charge in [0.1, 0.15) is 11.7 Å². The molecular weight excluding hydrogens is 462 g/mol. The first-order chi connectivity index (χ1) is 16.8. The minimum Gasteiger partial charge on any atom is -0.465 e. The summed E-state index contributed by atoms with van der Waals surface area (Å²) in [6, 6.07) is 16.3. The Morgan fingerprint density at radius 1 is 1.17 bits per heavy atom. The molecule has 3 atom stereocenters. The molecule has 6 rings (SSSR count). The van der Waals surface area contributed by atoms with Crippen molar-refractivity contribution >= 4 is 29.0 Å². The molecule has 0 fully saturated rings. The molecule has 2 aliphatic heterocycles. The van der Waals surface area contributed by atoms with Gasteiger partial charge in [-0.15, -0.1) is 0 Å². The van der Waals surface area contributed by atoms with Crippen LogP contribution in [0.1, 0.15) is 29.8 Å². The molecule has 1 N–H and O–H groups in total. The zero-order valence-corrected chi connectivity index (χ0v) is 20.2. The van der Waals surface area contributed by atoms with Crippen LogP contribution in [0.5, 0.6) is 5.75 Å². The molecule has 176 valence electrons. The van der Waals surface area contributed by atoms with Gasteiger partial charge in [-0.25, -0.2) is 4.99 Å². The van der Waals surface area contributed by atoms with Crippen LogP contribution in [-0.2, 0) is 11.8 Å². The molecule has 0 saturated heterocycles. The van der Waals surface area contributed by atoms with Crippen molar-refractivity contribution in [3.63, 3.8) is 0 Å². The van der Waals surface area contributed by atoms with Gasteiger partial charge in [-0.2, -0.15) is 5.10 Å². The number of nitrogens with one attached hydrogen (secondary N) is 1. The molecule has 0 aliphatic carbocycles. The van der Waals surface area contributed by atoms with E-state index in [4.69, 9.17) is 9.73 Å². The molecule has 8 nitrogen and oxygen atoms in total. The average molecular weight is 486 g/mol. The Labute approximate surface area is 204 Å². The number of amides is 1. The molecule has 0 radical (unpaired) electrons. The fourth-order valence-electron chi connectivity index (χ4n) is 4.99. The minimum atomic E-state index is -1.17. The maximum absolute atomic E-state index is 13.8. The van der Waals surface area contributed by atoms with Gasteiger partial charge in [0.05, 0.1) is 16.3 Å². The Morgan fingerprint density at radius 2 is 1.91 bits per heavy atom. The van der Waals surface area contributed by atoms with Crippen LogP contribution < -0.4 is 24.9 Å². The SMILES string of the molecule is Cc1nn(C)cc1/C=c1\sc2n(c1=O)C1c3ccccc3OC(C)(N=2)C1C(=O)Nc1ccccc1. The highest BCUT2D eigenvalue weighted by Gasteiger charge is 2.55. The number of hydrogen-bond donors (Lipinski definition) is 1. The van der Waals surface area contributed by atoms with Crippen LogP contribution in [0.3, 0.4) is 0 Å². The molecule has 2 aromatic heterocycles. The Kier molecular flexibility index (Phi) is 4.79. The van der Waals surface area contributed by atoms with Crippen molar-refractivity contribution in [1.82, 2.24) is 14.3 Å². The predicted molar refractivity (Wildman–Crippen MR) is 133 cm³/mol. The number of carbonyl (C=O) groups excluding carboxylic acids is 1. The number of aromatic nitrogens is 3. The smallest absolute Gasteiger partial charge is 0.270 e. The standard InChI is InChI=1S/C26H23N5O3S/c1-15-16(14-30(3)29-15)13-20-24(33)31-22-18-11-7-8-12-19(18)34-26(2,28-25(31)35-20)21(22)23(32)27-17-9-5-4-6-10-17/h4-14,21-22H,1-3H3,(H,27,32)/b20-13-. The summed E-state index contributed by atoms with van der Waals surface area (Å²) in [6.45, 7) is 3.72. The molecule has 2 aromatic carbocycles. The largest absolute Gasteiger partial charge is 0.465 e. The van der Waals surface area contributed by atoms with Crippen LogP contribution in [0.2, 0.25) is 0 Å². The van der Waals surface area contributed by atoms with Crippen molar-refractivity contribution < 1.29 is 9.53 Å². The Morgan fingerprint density at radius 3 is 2.66 bits per heavy atom. The van der Waals surface area contributed by atoms with E-state index in [2.05, 4.69) is 10.4 Å². The van der Waals surface area contributed by atoms with E-state index in [9.17, 15) is 9.59 Å². The van der Waals surface area contributed by atoms with Crippen molar-refractivity contribution in [1.29, 1.82) is 0 Å². The number of ether oxygens (including phenoxy) is 1. The Hall–Kier alpha value is -3.98. The van der Waals surface area contributed by atoms with Crippen molar-refractivity contribution in [2.75, 3.05) is 5.32 Å². The summed E-state index contributed by atoms with van der Waals surface area (Å²) in [4.78, 5) is 32.8. The Bertz CT molecular complexity index is 1650. The zero-order valence-electron chi connectivity index (χ0n) is 19.4. The molecule has 1 amide bonds. The van der Waals surface area contributed by atoms with Crippen molar-refractivity contribution in [2.24, 2.45) is 18.0 Å². The van der Waals surface area contributed by atoms with Gasteiger partial charge in [-0.05, 0) is 38.1 Å². The first kappa shape index (κ1) is 21.5. The maximum Gasteiger partial charge on any atom is 0.270 e. The molecular formula is C26H23N5O3S. The van der Waals surface area contributed by atoms with E-state index < -0.39 is 17.7 Å². The van der Waals surface area contributed by atoms with E-state index in [1.807, 2.05) is 87.8 Å². The third kappa shape index (κ3) is 3.42. The second-order valence-corrected chi connectivity index (χ2v) is 10.0. The fraction of sp³-hybridized carbons (Fsp3) is 0.231. The topological polar surface area (TPSA) is 90.5 Å². The Balaban J connectivity index is 1.55. The van der Waals surface area contributed by atoms with E-state index in [1.165, 1.54) is 11.3 Å². The first-order valence-corrected chi connectivity index (χ1v) is 12.1. The highest BCUT2D eigenvalue weighted by atomic mass is 32.1. The van der Waals surface area contributed by atoms with Gasteiger partial charge in [0.15, 0.2) is 4.80 Å². The number of nitrogens with zero attached hydrogens (tertiary/aromatic N) is 4. The number of benzene rings is 2. The lowest BCUT2D eigenvalue weighted by molar-refractivity contribution is -0.131. The lowest BCUT2D eigenvalue weighted by Gasteiger charge is -2.45. The molecule has 9 heteroatoms. The number of carbonyl (C=O) groups is 1. The number of para-hydroxylation sites is 2. The summed E-state index contributed by atoms with van der Waals surface area (Å²) in [5.74, 6) is -0.366. The average Bonchev–Trinajstić information content (AvgIpc) is 3.30. The summed E-state index contributed by atoms with van der Waals surface area (Å²) in [5.41, 5.74) is 1.82. The fourth-order valence-corrected chi connectivity index (χ4v) is 6.08. The van der Waals surface area contributed by atoms with E-state index in [-0.39, 0.29) is 11.5 Å². The van der Waals surface area contributed by atoms with Crippen molar-refractivity contribution in [3.8, 4) is 5.75 Å². The zero-order chi connectivity index (χ0) is 24.3. The van der Waals surface area contributed by atoms with Crippen LogP contribution in [-0.4, -0.2) is 26.0 Å². The summed E-state index contributed by atoms with van der Waals surface area (Å²) in [7, 11) is 1.85. The number of hydrogen-bond acceptors (Lipinski definition) is 6. The number of anilines is 1. The lowest BCUT2D eigenvalue weighted by Crippen LogP contribution is -2.59. The van der Waals surface area contributed by atoms with Gasteiger partial charge >= 0.3 is 0 Å². The van der Waals surface area contributed by atoms with Crippen LogP contribution in [0.25, 0.3) is 6.08 Å². The van der Waals surface area contributed by atoms with E-state index >= 15 is 0 Å². The second kappa shape index (κ2) is 7.78. The molecule has 4 aromatic rings. The molecule has 2 bridgehead atoms. The predicted octanol–water partition coefficient (Wildman–Crippen LogP) is 2.37. The van der Waals surface area contributed by atoms with Crippen LogP contribution in [0.15, 0.2) is 70.6 Å². The third-order valence-corrected chi connectivity index (χ3v) is 7.52. The van der Waals surface area contributed by atoms with E-state index in [0.717, 1.165) is 16.8 Å². The number of rotatable bonds is 3. The van der Waals surface area contributed by atoms with Crippen LogP contribution >= 0.6 is 11.3 Å². The number of aryl methyl sites for hydroxylation is 2. The van der Waals surface area contributed by atoms with Crippen molar-refractivity contribution in [2.45, 2.75) is 25.6 Å². The molecule has 3 unspecified atom stereocenters. The highest BCUT2D eigenvalue weighted by molar-refractivity contribution is 7.07. The summed E-state index contributed by atoms with van der Waals surface area (Å²) in [5, 5.41) is 7.37. The molecule has 2 aliphatic rings. The van der Waals surface area contributed by atoms with Gasteiger partial charge in [-0.3, -0.25) is 18.8 Å². The molecule has 4 heterocycles. The quantitative estimate of drug-likeness (QED) is 0.482. The van der Waals surface area contributed by atoms with Crippen LogP contribution in [0, 0.1) is 12.8 Å². The number of thiazole rings is 1. The second-order valence-electron chi connectivity index (χ2n) is 9.00. The molecule has 0 saturated carbocycles. The van der Waals surface area contributed by atoms with Gasteiger partial charge in [0.25, 0.3) is 5.56 Å². The first-order valence-electron chi connectivity index (χ1n) is 11.3. The summed E-state index contributed by atoms with van der Waals surface area (Å²) >= 11 is 1.30. The maximum atomic E-state index is 13.8. The highest BCUT2D eigenvalue weighted by Crippen LogP contribution is 2.47. The summed E-state index contributed by atoms with van der Waals surface area (Å²) in [6.07, 6.45) is 3.72. The van der Waals surface area contributed by atoms with E-state index in [0.29, 0.717) is 20.8 Å². The number of fused-ring (bicyclic) bond motifs is 6. The summed E-state index contributed by atoms with van der Waals surface area (Å²) < 4.78 is 10.3. The third-order valence-electron chi connectivity index (χ3n) is 6.54.